The van der Waals surface area contributed by atoms with Crippen molar-refractivity contribution in [3.05, 3.63) is 60.1 Å². The summed E-state index contributed by atoms with van der Waals surface area (Å²) in [6.07, 6.45) is 11.9. The molecule has 1 saturated carbocycles. The lowest BCUT2D eigenvalue weighted by Gasteiger charge is -2.10. The van der Waals surface area contributed by atoms with Gasteiger partial charge in [-0.05, 0) is 36.6 Å². The average Bonchev–Trinajstić information content (AvgIpc) is 3.53. The zero-order valence-corrected chi connectivity index (χ0v) is 17.7. The van der Waals surface area contributed by atoms with E-state index < -0.39 is 0 Å². The van der Waals surface area contributed by atoms with Gasteiger partial charge in [-0.1, -0.05) is 12.8 Å². The monoisotopic (exact) mass is 415 g/mol. The van der Waals surface area contributed by atoms with Crippen molar-refractivity contribution in [3.8, 4) is 11.3 Å². The topological polar surface area (TPSA) is 90.5 Å². The Hall–Kier alpha value is -3.55. The number of aryl methyl sites for hydroxylation is 2. The van der Waals surface area contributed by atoms with E-state index in [2.05, 4.69) is 25.0 Å². The van der Waals surface area contributed by atoms with Crippen molar-refractivity contribution in [2.75, 3.05) is 0 Å². The number of hydrogen-bond acceptors (Lipinski definition) is 5. The molecule has 1 aliphatic carbocycles. The van der Waals surface area contributed by atoms with Gasteiger partial charge in [0.15, 0.2) is 5.69 Å². The standard InChI is InChI=1S/C23H25N7O/c1-29-14-17(13-27-29)19-11-15(7-9-24-19)12-26-23(31)20-21-18(8-10-25-20)28-22(30(21)2)16-5-3-4-6-16/h7-11,13-14,16H,3-6,12H2,1-2H3,(H,26,31). The summed E-state index contributed by atoms with van der Waals surface area (Å²) in [7, 11) is 3.86. The Bertz CT molecular complexity index is 1250. The third-order valence-electron chi connectivity index (χ3n) is 6.03. The molecule has 0 unspecified atom stereocenters. The van der Waals surface area contributed by atoms with Crippen LogP contribution in [0.5, 0.6) is 0 Å². The number of hydrogen-bond donors (Lipinski definition) is 1. The second kappa shape index (κ2) is 7.94. The van der Waals surface area contributed by atoms with Gasteiger partial charge in [0.2, 0.25) is 0 Å². The number of aromatic nitrogens is 6. The minimum atomic E-state index is -0.202. The summed E-state index contributed by atoms with van der Waals surface area (Å²) < 4.78 is 3.80. The molecule has 5 rings (SSSR count). The molecule has 4 aromatic heterocycles. The molecule has 1 fully saturated rings. The normalized spacial score (nSPS) is 14.4. The predicted molar refractivity (Wildman–Crippen MR) is 117 cm³/mol. The SMILES string of the molecule is Cn1cc(-c2cc(CNC(=O)c3nccc4nc(C5CCCC5)n(C)c34)ccn2)cn1. The molecule has 4 aromatic rings. The summed E-state index contributed by atoms with van der Waals surface area (Å²) >= 11 is 0. The van der Waals surface area contributed by atoms with Crippen LogP contribution in [0.1, 0.15) is 53.5 Å². The summed E-state index contributed by atoms with van der Waals surface area (Å²) in [5.74, 6) is 1.33. The van der Waals surface area contributed by atoms with Gasteiger partial charge in [0.1, 0.15) is 5.82 Å². The Balaban J connectivity index is 1.37. The highest BCUT2D eigenvalue weighted by Crippen LogP contribution is 2.35. The van der Waals surface area contributed by atoms with Gasteiger partial charge in [0.25, 0.3) is 5.91 Å². The molecule has 0 aromatic carbocycles. The molecule has 31 heavy (non-hydrogen) atoms. The summed E-state index contributed by atoms with van der Waals surface area (Å²) in [5.41, 5.74) is 4.77. The number of nitrogens with zero attached hydrogens (tertiary/aromatic N) is 6. The van der Waals surface area contributed by atoms with E-state index in [1.807, 2.05) is 38.5 Å². The van der Waals surface area contributed by atoms with E-state index >= 15 is 0 Å². The first-order valence-corrected chi connectivity index (χ1v) is 10.6. The smallest absolute Gasteiger partial charge is 0.272 e. The number of carbonyl (C=O) groups excluding carboxylic acids is 1. The first-order chi connectivity index (χ1) is 15.1. The maximum atomic E-state index is 13.0. The molecule has 0 bridgehead atoms. The van der Waals surface area contributed by atoms with Gasteiger partial charge in [0.05, 0.1) is 22.9 Å². The van der Waals surface area contributed by atoms with Crippen molar-refractivity contribution >= 4 is 16.9 Å². The first-order valence-electron chi connectivity index (χ1n) is 10.6. The fourth-order valence-corrected chi connectivity index (χ4v) is 4.45. The van der Waals surface area contributed by atoms with E-state index in [1.165, 1.54) is 12.8 Å². The fourth-order valence-electron chi connectivity index (χ4n) is 4.45. The third kappa shape index (κ3) is 3.69. The summed E-state index contributed by atoms with van der Waals surface area (Å²) in [6, 6.07) is 5.75. The molecule has 4 heterocycles. The number of imidazole rings is 1. The van der Waals surface area contributed by atoms with Crippen LogP contribution in [0, 0.1) is 0 Å². The maximum Gasteiger partial charge on any atom is 0.272 e. The average molecular weight is 416 g/mol. The zero-order valence-electron chi connectivity index (χ0n) is 17.7. The lowest BCUT2D eigenvalue weighted by Crippen LogP contribution is -2.24. The highest BCUT2D eigenvalue weighted by molar-refractivity contribution is 6.03. The third-order valence-corrected chi connectivity index (χ3v) is 6.03. The largest absolute Gasteiger partial charge is 0.347 e. The Labute approximate surface area is 180 Å². The number of rotatable bonds is 5. The van der Waals surface area contributed by atoms with Crippen LogP contribution in [-0.4, -0.2) is 35.2 Å². The minimum Gasteiger partial charge on any atom is -0.347 e. The van der Waals surface area contributed by atoms with E-state index in [1.54, 1.807) is 23.3 Å². The van der Waals surface area contributed by atoms with Crippen molar-refractivity contribution in [1.82, 2.24) is 34.6 Å². The lowest BCUT2D eigenvalue weighted by atomic mass is 10.1. The first kappa shape index (κ1) is 19.4. The van der Waals surface area contributed by atoms with Gasteiger partial charge in [-0.25, -0.2) is 9.97 Å². The molecular weight excluding hydrogens is 390 g/mol. The highest BCUT2D eigenvalue weighted by Gasteiger charge is 2.25. The fraction of sp³-hybridized carbons (Fsp3) is 0.348. The van der Waals surface area contributed by atoms with Crippen LogP contribution < -0.4 is 5.32 Å². The molecular formula is C23H25N7O. The quantitative estimate of drug-likeness (QED) is 0.540. The van der Waals surface area contributed by atoms with E-state index in [0.717, 1.165) is 46.5 Å². The van der Waals surface area contributed by atoms with Crippen molar-refractivity contribution < 1.29 is 4.79 Å². The van der Waals surface area contributed by atoms with Crippen LogP contribution in [0.25, 0.3) is 22.3 Å². The molecule has 8 heteroatoms. The van der Waals surface area contributed by atoms with Crippen molar-refractivity contribution in [2.45, 2.75) is 38.1 Å². The van der Waals surface area contributed by atoms with Crippen molar-refractivity contribution in [2.24, 2.45) is 14.1 Å². The van der Waals surface area contributed by atoms with Gasteiger partial charge in [0, 0.05) is 50.7 Å². The van der Waals surface area contributed by atoms with Crippen molar-refractivity contribution in [3.63, 3.8) is 0 Å². The minimum absolute atomic E-state index is 0.202. The van der Waals surface area contributed by atoms with E-state index in [-0.39, 0.29) is 5.91 Å². The summed E-state index contributed by atoms with van der Waals surface area (Å²) in [6.45, 7) is 0.389. The number of fused-ring (bicyclic) bond motifs is 1. The van der Waals surface area contributed by atoms with E-state index in [9.17, 15) is 4.79 Å². The number of nitrogens with one attached hydrogen (secondary N) is 1. The van der Waals surface area contributed by atoms with Crippen LogP contribution in [0.15, 0.2) is 43.0 Å². The Morgan fingerprint density at radius 3 is 2.74 bits per heavy atom. The number of pyridine rings is 2. The molecule has 0 saturated heterocycles. The molecule has 8 nitrogen and oxygen atoms in total. The predicted octanol–water partition coefficient (Wildman–Crippen LogP) is 3.35. The lowest BCUT2D eigenvalue weighted by molar-refractivity contribution is 0.0947. The molecule has 0 aliphatic heterocycles. The van der Waals surface area contributed by atoms with Gasteiger partial charge in [-0.15, -0.1) is 0 Å². The molecule has 1 N–H and O–H groups in total. The highest BCUT2D eigenvalue weighted by atomic mass is 16.1. The Morgan fingerprint density at radius 2 is 1.97 bits per heavy atom. The number of carbonyl (C=O) groups is 1. The van der Waals surface area contributed by atoms with Crippen LogP contribution in [0.4, 0.5) is 0 Å². The molecule has 0 radical (unpaired) electrons. The summed E-state index contributed by atoms with van der Waals surface area (Å²) in [4.78, 5) is 26.7. The van der Waals surface area contributed by atoms with Gasteiger partial charge >= 0.3 is 0 Å². The van der Waals surface area contributed by atoms with Gasteiger partial charge < -0.3 is 9.88 Å². The van der Waals surface area contributed by atoms with Crippen LogP contribution in [0.3, 0.4) is 0 Å². The molecule has 1 amide bonds. The van der Waals surface area contributed by atoms with E-state index in [0.29, 0.717) is 18.2 Å². The van der Waals surface area contributed by atoms with E-state index in [4.69, 9.17) is 4.98 Å². The zero-order chi connectivity index (χ0) is 21.4. The van der Waals surface area contributed by atoms with Crippen LogP contribution >= 0.6 is 0 Å². The Kier molecular flexibility index (Phi) is 4.97. The molecule has 0 atom stereocenters. The molecule has 0 spiro atoms. The summed E-state index contributed by atoms with van der Waals surface area (Å²) in [5, 5.41) is 7.20. The second-order valence-corrected chi connectivity index (χ2v) is 8.17. The van der Waals surface area contributed by atoms with Gasteiger partial charge in [-0.3, -0.25) is 14.5 Å². The van der Waals surface area contributed by atoms with Crippen LogP contribution in [0.2, 0.25) is 0 Å². The Morgan fingerprint density at radius 1 is 1.16 bits per heavy atom. The van der Waals surface area contributed by atoms with Crippen LogP contribution in [-0.2, 0) is 20.6 Å². The molecule has 1 aliphatic rings. The van der Waals surface area contributed by atoms with Gasteiger partial charge in [-0.2, -0.15) is 5.10 Å². The number of amides is 1. The maximum absolute atomic E-state index is 13.0. The molecule has 158 valence electrons. The second-order valence-electron chi connectivity index (χ2n) is 8.17. The van der Waals surface area contributed by atoms with Crippen molar-refractivity contribution in [1.29, 1.82) is 0 Å².